The van der Waals surface area contributed by atoms with Gasteiger partial charge in [-0.1, -0.05) is 0 Å². The molecule has 1 unspecified atom stereocenters. The molecule has 0 rings (SSSR count). The first-order valence-corrected chi connectivity index (χ1v) is 3.93. The Hall–Kier alpha value is -1.99. The summed E-state index contributed by atoms with van der Waals surface area (Å²) in [6.07, 6.45) is -3.06. The number of nitrogens with two attached hydrogens (primary N) is 2. The van der Waals surface area contributed by atoms with E-state index in [4.69, 9.17) is 5.73 Å². The summed E-state index contributed by atoms with van der Waals surface area (Å²) in [5.41, 5.74) is 9.42. The van der Waals surface area contributed by atoms with E-state index < -0.39 is 24.3 Å². The molecule has 0 aromatic carbocycles. The fourth-order valence-electron chi connectivity index (χ4n) is 0.666. The molecule has 0 aliphatic heterocycles. The fourth-order valence-corrected chi connectivity index (χ4v) is 0.666. The zero-order chi connectivity index (χ0) is 11.8. The van der Waals surface area contributed by atoms with Crippen LogP contribution < -0.4 is 11.5 Å². The average Bonchev–Trinajstić information content (AvgIpc) is 2.08. The van der Waals surface area contributed by atoms with E-state index in [0.717, 1.165) is 0 Å². The molecule has 1 atom stereocenters. The summed E-state index contributed by atoms with van der Waals surface area (Å²) in [4.78, 5) is 31.1. The number of primary amides is 2. The molecule has 0 radical (unpaired) electrons. The van der Waals surface area contributed by atoms with Crippen molar-refractivity contribution < 1.29 is 28.6 Å². The third kappa shape index (κ3) is 8.34. The Balaban J connectivity index is 3.99. The highest BCUT2D eigenvalue weighted by atomic mass is 16.6. The summed E-state index contributed by atoms with van der Waals surface area (Å²) in [5, 5.41) is 0. The summed E-state index contributed by atoms with van der Waals surface area (Å²) in [6.45, 7) is 0.591. The summed E-state index contributed by atoms with van der Waals surface area (Å²) >= 11 is 0. The molecule has 8 heteroatoms. The number of hydrogen-bond acceptors (Lipinski definition) is 6. The second kappa shape index (κ2) is 6.46. The third-order valence-corrected chi connectivity index (χ3v) is 1.17. The van der Waals surface area contributed by atoms with Crippen LogP contribution in [0, 0.1) is 0 Å². The van der Waals surface area contributed by atoms with Crippen molar-refractivity contribution in [2.75, 3.05) is 13.2 Å². The van der Waals surface area contributed by atoms with Gasteiger partial charge < -0.3 is 25.7 Å². The zero-order valence-electron chi connectivity index (χ0n) is 8.10. The SMILES string of the molecule is CC(=O)OCC(COC(N)=O)OC(N)=O. The molecule has 0 aromatic heterocycles. The standard InChI is InChI=1S/C7H12N2O6/c1-4(10)13-2-5(15-7(9)12)3-14-6(8)11/h5H,2-3H2,1H3,(H2,8,11)(H2,9,12). The van der Waals surface area contributed by atoms with Gasteiger partial charge in [-0.05, 0) is 0 Å². The molecule has 0 aliphatic carbocycles. The monoisotopic (exact) mass is 220 g/mol. The number of carbonyl (C=O) groups excluding carboxylic acids is 3. The zero-order valence-corrected chi connectivity index (χ0v) is 8.10. The van der Waals surface area contributed by atoms with E-state index in [0.29, 0.717) is 0 Å². The van der Waals surface area contributed by atoms with Crippen LogP contribution in [0.25, 0.3) is 0 Å². The number of esters is 1. The number of amides is 2. The minimum Gasteiger partial charge on any atom is -0.462 e. The Labute approximate surface area is 85.4 Å². The molecule has 86 valence electrons. The summed E-state index contributed by atoms with van der Waals surface area (Å²) in [7, 11) is 0. The van der Waals surface area contributed by atoms with Crippen LogP contribution in [0.3, 0.4) is 0 Å². The first-order valence-electron chi connectivity index (χ1n) is 3.93. The van der Waals surface area contributed by atoms with Crippen LogP contribution in [-0.2, 0) is 19.0 Å². The third-order valence-electron chi connectivity index (χ3n) is 1.17. The van der Waals surface area contributed by atoms with Crippen LogP contribution in [0.2, 0.25) is 0 Å². The number of rotatable bonds is 5. The second-order valence-corrected chi connectivity index (χ2v) is 2.49. The van der Waals surface area contributed by atoms with Crippen LogP contribution in [-0.4, -0.2) is 37.5 Å². The first kappa shape index (κ1) is 13.0. The lowest BCUT2D eigenvalue weighted by Gasteiger charge is -2.15. The van der Waals surface area contributed by atoms with E-state index >= 15 is 0 Å². The van der Waals surface area contributed by atoms with Crippen LogP contribution in [0.15, 0.2) is 0 Å². The van der Waals surface area contributed by atoms with Gasteiger partial charge in [0.2, 0.25) is 0 Å². The smallest absolute Gasteiger partial charge is 0.405 e. The predicted octanol–water partition coefficient (Wildman–Crippen LogP) is -0.891. The molecule has 0 aromatic rings. The van der Waals surface area contributed by atoms with E-state index in [9.17, 15) is 14.4 Å². The first-order chi connectivity index (χ1) is 6.91. The van der Waals surface area contributed by atoms with Gasteiger partial charge in [0.15, 0.2) is 6.10 Å². The van der Waals surface area contributed by atoms with Gasteiger partial charge in [0.1, 0.15) is 13.2 Å². The van der Waals surface area contributed by atoms with E-state index in [1.807, 2.05) is 0 Å². The van der Waals surface area contributed by atoms with Crippen molar-refractivity contribution in [3.63, 3.8) is 0 Å². The Morgan fingerprint density at radius 3 is 2.00 bits per heavy atom. The Morgan fingerprint density at radius 2 is 1.60 bits per heavy atom. The van der Waals surface area contributed by atoms with Crippen LogP contribution in [0.1, 0.15) is 6.92 Å². The van der Waals surface area contributed by atoms with Gasteiger partial charge in [0.05, 0.1) is 0 Å². The van der Waals surface area contributed by atoms with Gasteiger partial charge in [0, 0.05) is 6.92 Å². The normalized spacial score (nSPS) is 11.3. The van der Waals surface area contributed by atoms with Gasteiger partial charge >= 0.3 is 18.2 Å². The van der Waals surface area contributed by atoms with E-state index in [2.05, 4.69) is 19.9 Å². The lowest BCUT2D eigenvalue weighted by Crippen LogP contribution is -2.33. The molecule has 0 heterocycles. The minimum absolute atomic E-state index is 0.258. The topological polar surface area (TPSA) is 131 Å². The van der Waals surface area contributed by atoms with Crippen molar-refractivity contribution in [2.45, 2.75) is 13.0 Å². The fraction of sp³-hybridized carbons (Fsp3) is 0.571. The highest BCUT2D eigenvalue weighted by Crippen LogP contribution is 1.96. The maximum atomic E-state index is 10.4. The molecule has 0 saturated carbocycles. The van der Waals surface area contributed by atoms with Crippen LogP contribution in [0.5, 0.6) is 0 Å². The average molecular weight is 220 g/mol. The molecule has 4 N–H and O–H groups in total. The van der Waals surface area contributed by atoms with Crippen molar-refractivity contribution in [1.29, 1.82) is 0 Å². The summed E-state index contributed by atoms with van der Waals surface area (Å²) in [6, 6.07) is 0. The Kier molecular flexibility index (Phi) is 5.60. The summed E-state index contributed by atoms with van der Waals surface area (Å²) < 4.78 is 13.4. The lowest BCUT2D eigenvalue weighted by molar-refractivity contribution is -0.144. The van der Waals surface area contributed by atoms with E-state index in [1.54, 1.807) is 0 Å². The highest BCUT2D eigenvalue weighted by molar-refractivity contribution is 5.66. The van der Waals surface area contributed by atoms with Crippen molar-refractivity contribution in [3.05, 3.63) is 0 Å². The molecule has 0 fully saturated rings. The van der Waals surface area contributed by atoms with E-state index in [1.165, 1.54) is 6.92 Å². The molecule has 15 heavy (non-hydrogen) atoms. The maximum absolute atomic E-state index is 10.4. The van der Waals surface area contributed by atoms with Crippen LogP contribution >= 0.6 is 0 Å². The molecule has 2 amide bonds. The molecular weight excluding hydrogens is 208 g/mol. The lowest BCUT2D eigenvalue weighted by atomic mass is 10.4. The highest BCUT2D eigenvalue weighted by Gasteiger charge is 2.16. The molecule has 0 bridgehead atoms. The Morgan fingerprint density at radius 1 is 1.07 bits per heavy atom. The number of carbonyl (C=O) groups is 3. The van der Waals surface area contributed by atoms with Crippen LogP contribution in [0.4, 0.5) is 9.59 Å². The Bertz CT molecular complexity index is 236. The van der Waals surface area contributed by atoms with E-state index in [-0.39, 0.29) is 13.2 Å². The van der Waals surface area contributed by atoms with Crippen molar-refractivity contribution in [3.8, 4) is 0 Å². The predicted molar refractivity (Wildman–Crippen MR) is 46.6 cm³/mol. The van der Waals surface area contributed by atoms with Gasteiger partial charge in [-0.3, -0.25) is 4.79 Å². The van der Waals surface area contributed by atoms with Crippen molar-refractivity contribution >= 4 is 18.2 Å². The van der Waals surface area contributed by atoms with Gasteiger partial charge in [-0.25, -0.2) is 9.59 Å². The van der Waals surface area contributed by atoms with Crippen molar-refractivity contribution in [1.82, 2.24) is 0 Å². The maximum Gasteiger partial charge on any atom is 0.405 e. The molecule has 0 saturated heterocycles. The summed E-state index contributed by atoms with van der Waals surface area (Å²) in [5.74, 6) is -0.563. The molecular formula is C7H12N2O6. The second-order valence-electron chi connectivity index (χ2n) is 2.49. The molecule has 0 aliphatic rings. The minimum atomic E-state index is -1.07. The quantitative estimate of drug-likeness (QED) is 0.456. The van der Waals surface area contributed by atoms with Crippen molar-refractivity contribution in [2.24, 2.45) is 11.5 Å². The largest absolute Gasteiger partial charge is 0.462 e. The molecule has 0 spiro atoms. The number of ether oxygens (including phenoxy) is 3. The van der Waals surface area contributed by atoms with Gasteiger partial charge in [0.25, 0.3) is 0 Å². The van der Waals surface area contributed by atoms with Gasteiger partial charge in [-0.15, -0.1) is 0 Å². The number of hydrogen-bond donors (Lipinski definition) is 2. The molecule has 8 nitrogen and oxygen atoms in total. The van der Waals surface area contributed by atoms with Gasteiger partial charge in [-0.2, -0.15) is 0 Å².